The van der Waals surface area contributed by atoms with Crippen LogP contribution in [0.3, 0.4) is 0 Å². The molecular weight excluding hydrogens is 1020 g/mol. The Morgan fingerprint density at radius 1 is 0.429 bits per heavy atom. The number of hydrogen-bond donors (Lipinski definition) is 6. The molecule has 0 atom stereocenters. The molecule has 0 aliphatic carbocycles. The summed E-state index contributed by atoms with van der Waals surface area (Å²) >= 11 is 0. The van der Waals surface area contributed by atoms with E-state index in [0.717, 1.165) is 48.5 Å². The molecule has 0 spiro atoms. The molecule has 7 aromatic carbocycles. The molecule has 7 rings (SSSR count). The number of hydrogen-bond acceptors (Lipinski definition) is 21. The maximum atomic E-state index is 12.6. The number of aromatic hydroxyl groups is 3. The van der Waals surface area contributed by atoms with E-state index in [9.17, 15) is 74.5 Å². The Morgan fingerprint density at radius 2 is 0.886 bits per heavy atom. The number of non-ortho nitro benzene ring substituents is 2. The minimum absolute atomic E-state index is 0. The average molecular weight is 1040 g/mol. The van der Waals surface area contributed by atoms with Gasteiger partial charge in [-0.05, 0) is 60.0 Å². The van der Waals surface area contributed by atoms with E-state index in [2.05, 4.69) is 40.9 Å². The van der Waals surface area contributed by atoms with Crippen LogP contribution in [0.4, 0.5) is 56.9 Å². The number of rotatable bonds is 13. The molecule has 6 N–H and O–H groups in total. The van der Waals surface area contributed by atoms with Gasteiger partial charge in [0.05, 0.1) is 42.9 Å². The average Bonchev–Trinajstić information content (AvgIpc) is 3.26. The topological polar surface area (TPSA) is 409 Å². The van der Waals surface area contributed by atoms with E-state index in [1.54, 1.807) is 0 Å². The van der Waals surface area contributed by atoms with E-state index in [1.807, 2.05) is 0 Å². The first-order valence-corrected chi connectivity index (χ1v) is 22.4. The van der Waals surface area contributed by atoms with Gasteiger partial charge in [-0.25, -0.2) is 0 Å². The van der Waals surface area contributed by atoms with E-state index in [4.69, 9.17) is 0 Å². The van der Waals surface area contributed by atoms with Gasteiger partial charge in [0, 0.05) is 130 Å². The Labute approximate surface area is 459 Å². The summed E-state index contributed by atoms with van der Waals surface area (Å²) in [6.07, 6.45) is 0. The minimum atomic E-state index is -5.33. The molecule has 0 aromatic heterocycles. The second-order valence-electron chi connectivity index (χ2n) is 13.5. The molecule has 0 heterocycles. The van der Waals surface area contributed by atoms with Crippen LogP contribution < -0.4 is 0 Å². The second-order valence-corrected chi connectivity index (χ2v) is 17.7. The van der Waals surface area contributed by atoms with Gasteiger partial charge in [0.1, 0.15) is 26.9 Å². The molecule has 0 unspecified atom stereocenters. The third-order valence-electron chi connectivity index (χ3n) is 9.21. The van der Waals surface area contributed by atoms with Gasteiger partial charge in [-0.1, -0.05) is 24.3 Å². The van der Waals surface area contributed by atoms with Gasteiger partial charge in [-0.2, -0.15) is 35.5 Å². The van der Waals surface area contributed by atoms with Crippen molar-refractivity contribution in [3.63, 3.8) is 0 Å². The number of benzene rings is 7. The number of nitro benzene ring substituents is 2. The van der Waals surface area contributed by atoms with Gasteiger partial charge >= 0.3 is 0 Å². The molecule has 32 heteroatoms. The summed E-state index contributed by atoms with van der Waals surface area (Å²) in [7, 11) is -15.2. The van der Waals surface area contributed by atoms with Crippen molar-refractivity contribution in [1.82, 2.24) is 0 Å². The predicted octanol–water partition coefficient (Wildman–Crippen LogP) is 9.19. The first-order chi connectivity index (χ1) is 31.5. The van der Waals surface area contributed by atoms with Crippen LogP contribution in [0.1, 0.15) is 0 Å². The Morgan fingerprint density at radius 3 is 1.39 bits per heavy atom. The van der Waals surface area contributed by atoms with Crippen LogP contribution in [0.2, 0.25) is 0 Å². The summed E-state index contributed by atoms with van der Waals surface area (Å²) in [5.41, 5.74) is -4.42. The number of phenolic OH excluding ortho intramolecular Hbond substituents is 3. The molecule has 0 amide bonds. The molecule has 0 aliphatic heterocycles. The molecular formula is C38H24N10Na3O16S3. The standard InChI is InChI=1S/C38H24N10O16S3.3Na/c49-36-29(43-39-20-5-9-22(10-6-20)47(52)53)18-30(44-41-27-13-14-31(66(59,60)61)26-4-2-1-3-25(26)27)37(50)35(36)46-42-28-17-24(65(56,57)58)15-19-16-32(67(62,63)64)34(38(51)33(19)28)45-40-21-7-11-23(12-8-21)48(54)55;;;/h1-18,49-51H,(H,56,57,58)(H,59,60,61)(H,62,63,64);;;. The number of azo groups is 4. The van der Waals surface area contributed by atoms with Crippen molar-refractivity contribution in [2.45, 2.75) is 14.7 Å². The number of phenols is 3. The van der Waals surface area contributed by atoms with Gasteiger partial charge < -0.3 is 15.3 Å². The van der Waals surface area contributed by atoms with Gasteiger partial charge in [0.15, 0.2) is 22.9 Å². The first kappa shape index (κ1) is 57.0. The maximum absolute atomic E-state index is 12.6. The Bertz CT molecular complexity index is 3720. The number of nitro groups is 2. The molecule has 0 fully saturated rings. The molecule has 0 aliphatic rings. The largest absolute Gasteiger partial charge is 0.505 e. The van der Waals surface area contributed by atoms with Gasteiger partial charge in [0.2, 0.25) is 0 Å². The fraction of sp³-hybridized carbons (Fsp3) is 0. The van der Waals surface area contributed by atoms with E-state index >= 15 is 0 Å². The predicted molar refractivity (Wildman–Crippen MR) is 249 cm³/mol. The fourth-order valence-electron chi connectivity index (χ4n) is 6.11. The zero-order valence-corrected chi connectivity index (χ0v) is 44.3. The molecule has 0 bridgehead atoms. The number of nitrogens with zero attached hydrogens (tertiary/aromatic N) is 10. The Kier molecular flexibility index (Phi) is 18.4. The molecule has 0 saturated heterocycles. The van der Waals surface area contributed by atoms with Crippen molar-refractivity contribution in [2.24, 2.45) is 40.9 Å². The molecule has 0 saturated carbocycles. The van der Waals surface area contributed by atoms with Crippen LogP contribution in [0.25, 0.3) is 21.5 Å². The van der Waals surface area contributed by atoms with Gasteiger partial charge in [-0.3, -0.25) is 33.9 Å². The van der Waals surface area contributed by atoms with Crippen LogP contribution in [0.5, 0.6) is 17.2 Å². The first-order valence-electron chi connectivity index (χ1n) is 18.0. The summed E-state index contributed by atoms with van der Waals surface area (Å²) in [6, 6.07) is 19.8. The van der Waals surface area contributed by atoms with E-state index in [0.29, 0.717) is 18.2 Å². The zero-order valence-electron chi connectivity index (χ0n) is 35.9. The smallest absolute Gasteiger partial charge is 0.296 e. The minimum Gasteiger partial charge on any atom is -0.505 e. The molecule has 26 nitrogen and oxygen atoms in total. The van der Waals surface area contributed by atoms with E-state index < -0.39 is 111 Å². The quantitative estimate of drug-likeness (QED) is 0.0206. The van der Waals surface area contributed by atoms with E-state index in [-0.39, 0.29) is 128 Å². The zero-order chi connectivity index (χ0) is 48.6. The number of fused-ring (bicyclic) bond motifs is 2. The van der Waals surface area contributed by atoms with E-state index in [1.165, 1.54) is 42.5 Å². The van der Waals surface area contributed by atoms with Crippen LogP contribution in [0.15, 0.2) is 165 Å². The summed E-state index contributed by atoms with van der Waals surface area (Å²) in [5.74, 6) is -3.16. The Balaban J connectivity index is 0.00000355. The van der Waals surface area contributed by atoms with Crippen molar-refractivity contribution in [1.29, 1.82) is 0 Å². The summed E-state index contributed by atoms with van der Waals surface area (Å²) in [6.45, 7) is 0. The maximum Gasteiger partial charge on any atom is 0.296 e. The molecule has 343 valence electrons. The Hall–Kier alpha value is -5.61. The molecule has 7 aromatic rings. The van der Waals surface area contributed by atoms with Crippen LogP contribution in [0, 0.1) is 20.2 Å². The summed E-state index contributed by atoms with van der Waals surface area (Å²) in [5, 5.41) is 86.9. The summed E-state index contributed by atoms with van der Waals surface area (Å²) in [4.78, 5) is 18.3. The normalized spacial score (nSPS) is 12.1. The third kappa shape index (κ3) is 12.6. The SMILES string of the molecule is O=[N+]([O-])c1ccc(N=Nc2cc(N=Nc3ccc(S(=O)(=O)O)c4ccccc34)c(O)c(N=Nc3cc(S(=O)(=O)O)cc4cc(S(=O)(=O)O)c(N=Nc5ccc([N+](=O)[O-])cc5)c(O)c34)c2O)cc1.[Na].[Na].[Na]. The van der Waals surface area contributed by atoms with Crippen LogP contribution >= 0.6 is 0 Å². The van der Waals surface area contributed by atoms with Crippen molar-refractivity contribution in [3.05, 3.63) is 129 Å². The van der Waals surface area contributed by atoms with Crippen LogP contribution in [-0.2, 0) is 30.4 Å². The van der Waals surface area contributed by atoms with Crippen molar-refractivity contribution in [2.75, 3.05) is 0 Å². The fourth-order valence-corrected chi connectivity index (χ4v) is 8.00. The monoisotopic (exact) mass is 1040 g/mol. The second kappa shape index (κ2) is 22.6. The van der Waals surface area contributed by atoms with Crippen molar-refractivity contribution < 1.29 is 64.1 Å². The summed E-state index contributed by atoms with van der Waals surface area (Å²) < 4.78 is 104. The van der Waals surface area contributed by atoms with Gasteiger partial charge in [0.25, 0.3) is 41.7 Å². The third-order valence-corrected chi connectivity index (χ3v) is 11.8. The van der Waals surface area contributed by atoms with Crippen molar-refractivity contribution >= 4 is 197 Å². The van der Waals surface area contributed by atoms with Crippen molar-refractivity contribution in [3.8, 4) is 17.2 Å². The van der Waals surface area contributed by atoms with Crippen LogP contribution in [-0.4, -0.2) is 153 Å². The molecule has 70 heavy (non-hydrogen) atoms. The van der Waals surface area contributed by atoms with Gasteiger partial charge in [-0.15, -0.1) is 30.7 Å². The molecule has 3 radical (unpaired) electrons.